The molecule has 0 aliphatic carbocycles. The second-order valence-electron chi connectivity index (χ2n) is 2.92. The first kappa shape index (κ1) is 8.92. The second-order valence-corrected chi connectivity index (χ2v) is 3.37. The summed E-state index contributed by atoms with van der Waals surface area (Å²) in [4.78, 5) is 3.05. The van der Waals surface area contributed by atoms with Crippen molar-refractivity contribution < 1.29 is 0 Å². The third kappa shape index (κ3) is 1.52. The van der Waals surface area contributed by atoms with Gasteiger partial charge in [-0.3, -0.25) is 0 Å². The zero-order valence-corrected chi connectivity index (χ0v) is 8.25. The van der Waals surface area contributed by atoms with Crippen LogP contribution >= 0.6 is 12.6 Å². The van der Waals surface area contributed by atoms with Crippen LogP contribution in [-0.4, -0.2) is 4.98 Å². The summed E-state index contributed by atoms with van der Waals surface area (Å²) >= 11 is 4.17. The lowest BCUT2D eigenvalue weighted by Gasteiger charge is -1.94. The van der Waals surface area contributed by atoms with Crippen molar-refractivity contribution in [1.29, 1.82) is 5.26 Å². The molecular formula is C11H8N2S. The number of H-pyrrole nitrogens is 1. The number of benzene rings is 1. The first-order valence-electron chi connectivity index (χ1n) is 4.19. The van der Waals surface area contributed by atoms with E-state index in [0.717, 1.165) is 11.3 Å². The molecule has 0 fully saturated rings. The predicted molar refractivity (Wildman–Crippen MR) is 58.2 cm³/mol. The van der Waals surface area contributed by atoms with Crippen LogP contribution in [0.2, 0.25) is 0 Å². The Morgan fingerprint density at radius 3 is 2.50 bits per heavy atom. The van der Waals surface area contributed by atoms with E-state index in [-0.39, 0.29) is 0 Å². The molecule has 0 aliphatic heterocycles. The highest BCUT2D eigenvalue weighted by Crippen LogP contribution is 2.22. The average molecular weight is 200 g/mol. The maximum absolute atomic E-state index is 8.76. The zero-order chi connectivity index (χ0) is 9.97. The third-order valence-corrected chi connectivity index (χ3v) is 2.35. The van der Waals surface area contributed by atoms with Gasteiger partial charge >= 0.3 is 0 Å². The van der Waals surface area contributed by atoms with Gasteiger partial charge in [0, 0.05) is 5.69 Å². The van der Waals surface area contributed by atoms with E-state index in [2.05, 4.69) is 23.7 Å². The topological polar surface area (TPSA) is 39.6 Å². The SMILES string of the molecule is N#Cc1cc(-c2ccccc2)[nH]c1S. The fourth-order valence-corrected chi connectivity index (χ4v) is 1.54. The van der Waals surface area contributed by atoms with Crippen LogP contribution < -0.4 is 0 Å². The number of hydrogen-bond acceptors (Lipinski definition) is 2. The summed E-state index contributed by atoms with van der Waals surface area (Å²) in [6.07, 6.45) is 0. The van der Waals surface area contributed by atoms with E-state index in [4.69, 9.17) is 5.26 Å². The first-order chi connectivity index (χ1) is 6.81. The summed E-state index contributed by atoms with van der Waals surface area (Å²) < 4.78 is 0. The summed E-state index contributed by atoms with van der Waals surface area (Å²) in [5, 5.41) is 9.38. The minimum Gasteiger partial charge on any atom is -0.349 e. The molecule has 0 saturated carbocycles. The van der Waals surface area contributed by atoms with E-state index < -0.39 is 0 Å². The Morgan fingerprint density at radius 2 is 1.93 bits per heavy atom. The van der Waals surface area contributed by atoms with Crippen LogP contribution in [0.5, 0.6) is 0 Å². The Labute approximate surface area is 87.6 Å². The summed E-state index contributed by atoms with van der Waals surface area (Å²) in [7, 11) is 0. The van der Waals surface area contributed by atoms with Crippen LogP contribution in [0.15, 0.2) is 41.4 Å². The molecule has 0 radical (unpaired) electrons. The van der Waals surface area contributed by atoms with Crippen molar-refractivity contribution in [3.05, 3.63) is 42.0 Å². The molecule has 1 aromatic carbocycles. The highest BCUT2D eigenvalue weighted by atomic mass is 32.1. The molecule has 1 heterocycles. The van der Waals surface area contributed by atoms with Gasteiger partial charge in [0.15, 0.2) is 0 Å². The molecule has 2 nitrogen and oxygen atoms in total. The van der Waals surface area contributed by atoms with Gasteiger partial charge in [0.05, 0.1) is 10.6 Å². The molecule has 0 amide bonds. The molecule has 0 saturated heterocycles. The van der Waals surface area contributed by atoms with Gasteiger partial charge in [-0.1, -0.05) is 30.3 Å². The van der Waals surface area contributed by atoms with Gasteiger partial charge in [0.2, 0.25) is 0 Å². The van der Waals surface area contributed by atoms with E-state index >= 15 is 0 Å². The Kier molecular flexibility index (Phi) is 2.30. The van der Waals surface area contributed by atoms with Crippen molar-refractivity contribution in [1.82, 2.24) is 4.98 Å². The van der Waals surface area contributed by atoms with Crippen LogP contribution in [0.3, 0.4) is 0 Å². The quantitative estimate of drug-likeness (QED) is 0.683. The van der Waals surface area contributed by atoms with Crippen LogP contribution in [-0.2, 0) is 0 Å². The van der Waals surface area contributed by atoms with Gasteiger partial charge in [-0.25, -0.2) is 0 Å². The number of thiol groups is 1. The lowest BCUT2D eigenvalue weighted by atomic mass is 10.1. The molecule has 0 aliphatic rings. The predicted octanol–water partition coefficient (Wildman–Crippen LogP) is 2.84. The van der Waals surface area contributed by atoms with E-state index in [9.17, 15) is 0 Å². The molecule has 0 spiro atoms. The maximum Gasteiger partial charge on any atom is 0.102 e. The standard InChI is InChI=1S/C11H8N2S/c12-7-9-6-10(13-11(9)14)8-4-2-1-3-5-8/h1-6,13-14H. The Morgan fingerprint density at radius 1 is 1.21 bits per heavy atom. The molecule has 68 valence electrons. The van der Waals surface area contributed by atoms with Crippen molar-refractivity contribution in [2.24, 2.45) is 0 Å². The molecule has 0 bridgehead atoms. The van der Waals surface area contributed by atoms with Gasteiger partial charge < -0.3 is 4.98 Å². The van der Waals surface area contributed by atoms with E-state index in [1.54, 1.807) is 6.07 Å². The summed E-state index contributed by atoms with van der Waals surface area (Å²) in [6.45, 7) is 0. The first-order valence-corrected chi connectivity index (χ1v) is 4.63. The van der Waals surface area contributed by atoms with Crippen molar-refractivity contribution in [3.8, 4) is 17.3 Å². The molecule has 14 heavy (non-hydrogen) atoms. The van der Waals surface area contributed by atoms with Crippen molar-refractivity contribution in [2.75, 3.05) is 0 Å². The average Bonchev–Trinajstić information content (AvgIpc) is 2.61. The lowest BCUT2D eigenvalue weighted by molar-refractivity contribution is 1.20. The third-order valence-electron chi connectivity index (χ3n) is 2.00. The lowest BCUT2D eigenvalue weighted by Crippen LogP contribution is -1.74. The van der Waals surface area contributed by atoms with Crippen molar-refractivity contribution in [3.63, 3.8) is 0 Å². The number of aromatic amines is 1. The van der Waals surface area contributed by atoms with Crippen molar-refractivity contribution in [2.45, 2.75) is 5.03 Å². The van der Waals surface area contributed by atoms with Crippen LogP contribution in [0, 0.1) is 11.3 Å². The van der Waals surface area contributed by atoms with Crippen LogP contribution in [0.4, 0.5) is 0 Å². The number of hydrogen-bond donors (Lipinski definition) is 2. The number of nitrogens with zero attached hydrogens (tertiary/aromatic N) is 1. The molecular weight excluding hydrogens is 192 g/mol. The smallest absolute Gasteiger partial charge is 0.102 e. The van der Waals surface area contributed by atoms with Crippen molar-refractivity contribution >= 4 is 12.6 Å². The number of nitriles is 1. The van der Waals surface area contributed by atoms with Gasteiger partial charge in [-0.05, 0) is 11.6 Å². The van der Waals surface area contributed by atoms with E-state index in [0.29, 0.717) is 10.6 Å². The normalized spacial score (nSPS) is 9.71. The summed E-state index contributed by atoms with van der Waals surface area (Å²) in [5.41, 5.74) is 2.56. The fraction of sp³-hybridized carbons (Fsp3) is 0. The fourth-order valence-electron chi connectivity index (χ4n) is 1.30. The van der Waals surface area contributed by atoms with Gasteiger partial charge in [-0.2, -0.15) is 5.26 Å². The molecule has 2 aromatic rings. The maximum atomic E-state index is 8.76. The van der Waals surface area contributed by atoms with Crippen LogP contribution in [0.1, 0.15) is 5.56 Å². The number of aromatic nitrogens is 1. The number of nitrogens with one attached hydrogen (secondary N) is 1. The molecule has 2 rings (SSSR count). The van der Waals surface area contributed by atoms with E-state index in [1.165, 1.54) is 0 Å². The summed E-state index contributed by atoms with van der Waals surface area (Å²) in [5.74, 6) is 0. The Balaban J connectivity index is 2.50. The van der Waals surface area contributed by atoms with Gasteiger partial charge in [0.25, 0.3) is 0 Å². The molecule has 0 unspecified atom stereocenters. The highest BCUT2D eigenvalue weighted by molar-refractivity contribution is 7.80. The molecule has 3 heteroatoms. The molecule has 1 aromatic heterocycles. The Hall–Kier alpha value is -1.66. The Bertz CT molecular complexity index is 480. The second kappa shape index (κ2) is 3.60. The van der Waals surface area contributed by atoms with Gasteiger partial charge in [0.1, 0.15) is 6.07 Å². The summed E-state index contributed by atoms with van der Waals surface area (Å²) in [6, 6.07) is 13.7. The van der Waals surface area contributed by atoms with Gasteiger partial charge in [-0.15, -0.1) is 12.6 Å². The van der Waals surface area contributed by atoms with E-state index in [1.807, 2.05) is 30.3 Å². The molecule has 0 atom stereocenters. The zero-order valence-electron chi connectivity index (χ0n) is 7.36. The monoisotopic (exact) mass is 200 g/mol. The highest BCUT2D eigenvalue weighted by Gasteiger charge is 2.05. The number of rotatable bonds is 1. The minimum absolute atomic E-state index is 0.576. The minimum atomic E-state index is 0.576. The molecule has 1 N–H and O–H groups in total. The largest absolute Gasteiger partial charge is 0.349 e. The van der Waals surface area contributed by atoms with Crippen LogP contribution in [0.25, 0.3) is 11.3 Å².